The minimum Gasteiger partial charge on any atom is -0.267 e. The van der Waals surface area contributed by atoms with E-state index in [9.17, 15) is 4.79 Å². The van der Waals surface area contributed by atoms with Crippen molar-refractivity contribution in [2.75, 3.05) is 0 Å². The highest BCUT2D eigenvalue weighted by atomic mass is 32.1. The third kappa shape index (κ3) is 3.92. The number of hydrogen-bond donors (Lipinski definition) is 1. The Balaban J connectivity index is 1.63. The van der Waals surface area contributed by atoms with Gasteiger partial charge in [0.15, 0.2) is 0 Å². The molecule has 0 atom stereocenters. The molecule has 4 rings (SSSR count). The lowest BCUT2D eigenvalue weighted by Gasteiger charge is -2.00. The van der Waals surface area contributed by atoms with Crippen molar-refractivity contribution in [1.29, 1.82) is 0 Å². The van der Waals surface area contributed by atoms with Crippen LogP contribution in [-0.2, 0) is 0 Å². The van der Waals surface area contributed by atoms with Crippen LogP contribution >= 0.6 is 11.3 Å². The van der Waals surface area contributed by atoms with E-state index in [4.69, 9.17) is 5.10 Å². The summed E-state index contributed by atoms with van der Waals surface area (Å²) >= 11 is 1.54. The molecule has 2 heterocycles. The van der Waals surface area contributed by atoms with Crippen LogP contribution in [0.25, 0.3) is 16.9 Å². The summed E-state index contributed by atoms with van der Waals surface area (Å²) in [7, 11) is 0. The number of nitrogens with zero attached hydrogens (tertiary/aromatic N) is 3. The molecular formula is C22H18N4OS. The van der Waals surface area contributed by atoms with Gasteiger partial charge in [-0.15, -0.1) is 11.3 Å². The van der Waals surface area contributed by atoms with Crippen LogP contribution in [0.2, 0.25) is 0 Å². The van der Waals surface area contributed by atoms with Crippen LogP contribution in [0.3, 0.4) is 0 Å². The van der Waals surface area contributed by atoms with Crippen molar-refractivity contribution in [1.82, 2.24) is 15.2 Å². The maximum atomic E-state index is 12.2. The molecule has 0 saturated heterocycles. The Morgan fingerprint density at radius 2 is 1.82 bits per heavy atom. The molecule has 2 aromatic carbocycles. The van der Waals surface area contributed by atoms with E-state index in [0.717, 1.165) is 27.4 Å². The fourth-order valence-electron chi connectivity index (χ4n) is 2.80. The summed E-state index contributed by atoms with van der Waals surface area (Å²) in [6, 6.07) is 21.6. The highest BCUT2D eigenvalue weighted by molar-refractivity contribution is 7.10. The highest BCUT2D eigenvalue weighted by Crippen LogP contribution is 2.22. The maximum Gasteiger partial charge on any atom is 0.272 e. The predicted molar refractivity (Wildman–Crippen MR) is 113 cm³/mol. The third-order valence-electron chi connectivity index (χ3n) is 4.17. The summed E-state index contributed by atoms with van der Waals surface area (Å²) in [6.45, 7) is 1.97. The van der Waals surface area contributed by atoms with Gasteiger partial charge in [-0.1, -0.05) is 48.5 Å². The summed E-state index contributed by atoms with van der Waals surface area (Å²) in [4.78, 5) is 13.3. The molecule has 0 aliphatic carbocycles. The molecule has 0 spiro atoms. The normalized spacial score (nSPS) is 11.0. The van der Waals surface area contributed by atoms with Crippen molar-refractivity contribution >= 4 is 23.5 Å². The summed E-state index contributed by atoms with van der Waals surface area (Å²) in [5.41, 5.74) is 6.76. The summed E-state index contributed by atoms with van der Waals surface area (Å²) in [6.07, 6.45) is 3.54. The second-order valence-electron chi connectivity index (χ2n) is 6.22. The predicted octanol–water partition coefficient (Wildman–Crippen LogP) is 4.67. The van der Waals surface area contributed by atoms with E-state index >= 15 is 0 Å². The van der Waals surface area contributed by atoms with Gasteiger partial charge in [0.05, 0.1) is 17.5 Å². The second kappa shape index (κ2) is 8.02. The quantitative estimate of drug-likeness (QED) is 0.400. The first-order chi connectivity index (χ1) is 13.7. The molecule has 1 N–H and O–H groups in total. The number of aromatic nitrogens is 2. The molecular weight excluding hydrogens is 368 g/mol. The molecule has 4 aromatic rings. The number of hydrogen-bond acceptors (Lipinski definition) is 4. The lowest BCUT2D eigenvalue weighted by atomic mass is 10.1. The zero-order valence-corrected chi connectivity index (χ0v) is 16.1. The van der Waals surface area contributed by atoms with Crippen molar-refractivity contribution < 1.29 is 4.79 Å². The molecule has 0 unspecified atom stereocenters. The number of thiophene rings is 1. The Morgan fingerprint density at radius 3 is 2.50 bits per heavy atom. The van der Waals surface area contributed by atoms with E-state index in [1.807, 2.05) is 89.9 Å². The first kappa shape index (κ1) is 17.9. The minimum atomic E-state index is -0.225. The van der Waals surface area contributed by atoms with Gasteiger partial charge in [0.1, 0.15) is 5.69 Å². The number of nitrogens with one attached hydrogen (secondary N) is 1. The zero-order valence-electron chi connectivity index (χ0n) is 15.2. The van der Waals surface area contributed by atoms with E-state index < -0.39 is 0 Å². The molecule has 1 amide bonds. The largest absolute Gasteiger partial charge is 0.272 e. The second-order valence-corrected chi connectivity index (χ2v) is 7.34. The maximum absolute atomic E-state index is 12.2. The monoisotopic (exact) mass is 386 g/mol. The van der Waals surface area contributed by atoms with Crippen LogP contribution in [0.5, 0.6) is 0 Å². The average molecular weight is 386 g/mol. The fourth-order valence-corrected chi connectivity index (χ4v) is 3.49. The van der Waals surface area contributed by atoms with Crippen LogP contribution in [0.4, 0.5) is 0 Å². The van der Waals surface area contributed by atoms with Crippen LogP contribution in [0.1, 0.15) is 20.8 Å². The molecule has 5 nitrogen and oxygen atoms in total. The standard InChI is InChI=1S/C22H18N4OS/c1-16-12-18(15-28-16)22(27)24-23-13-19-14-26(20-10-6-3-7-11-20)25-21(19)17-8-4-2-5-9-17/h2-15H,1H3,(H,24,27)/b23-13-. The fraction of sp³-hybridized carbons (Fsp3) is 0.0455. The van der Waals surface area contributed by atoms with E-state index in [2.05, 4.69) is 10.5 Å². The number of aryl methyl sites for hydroxylation is 1. The number of amides is 1. The number of carbonyl (C=O) groups is 1. The van der Waals surface area contributed by atoms with E-state index in [1.165, 1.54) is 11.3 Å². The Bertz CT molecular complexity index is 1110. The van der Waals surface area contributed by atoms with Gasteiger partial charge >= 0.3 is 0 Å². The van der Waals surface area contributed by atoms with Gasteiger partial charge < -0.3 is 0 Å². The van der Waals surface area contributed by atoms with Gasteiger partial charge in [0.25, 0.3) is 5.91 Å². The summed E-state index contributed by atoms with van der Waals surface area (Å²) < 4.78 is 1.81. The first-order valence-corrected chi connectivity index (χ1v) is 9.68. The average Bonchev–Trinajstić information content (AvgIpc) is 3.36. The molecule has 138 valence electrons. The Kier molecular flexibility index (Phi) is 5.12. The minimum absolute atomic E-state index is 0.225. The van der Waals surface area contributed by atoms with Crippen LogP contribution in [0, 0.1) is 6.92 Å². The molecule has 0 fully saturated rings. The number of hydrazone groups is 1. The van der Waals surface area contributed by atoms with Gasteiger partial charge in [0, 0.05) is 27.6 Å². The highest BCUT2D eigenvalue weighted by Gasteiger charge is 2.11. The van der Waals surface area contributed by atoms with E-state index in [-0.39, 0.29) is 5.91 Å². The van der Waals surface area contributed by atoms with Crippen LogP contribution in [0.15, 0.2) is 83.4 Å². The van der Waals surface area contributed by atoms with Crippen LogP contribution in [-0.4, -0.2) is 21.9 Å². The number of benzene rings is 2. The Morgan fingerprint density at radius 1 is 1.11 bits per heavy atom. The Hall–Kier alpha value is -3.51. The van der Waals surface area contributed by atoms with Gasteiger partial charge in [-0.25, -0.2) is 10.1 Å². The molecule has 0 radical (unpaired) electrons. The van der Waals surface area contributed by atoms with E-state index in [1.54, 1.807) is 6.21 Å². The van der Waals surface area contributed by atoms with Gasteiger partial charge in [0.2, 0.25) is 0 Å². The van der Waals surface area contributed by atoms with Gasteiger partial charge in [-0.05, 0) is 25.1 Å². The lowest BCUT2D eigenvalue weighted by Crippen LogP contribution is -2.16. The van der Waals surface area contributed by atoms with Gasteiger partial charge in [-0.3, -0.25) is 4.79 Å². The summed E-state index contributed by atoms with van der Waals surface area (Å²) in [5.74, 6) is -0.225. The number of rotatable bonds is 5. The first-order valence-electron chi connectivity index (χ1n) is 8.80. The van der Waals surface area contributed by atoms with E-state index in [0.29, 0.717) is 5.56 Å². The lowest BCUT2D eigenvalue weighted by molar-refractivity contribution is 0.0955. The van der Waals surface area contributed by atoms with Crippen molar-refractivity contribution in [2.24, 2.45) is 5.10 Å². The topological polar surface area (TPSA) is 59.3 Å². The number of para-hydroxylation sites is 1. The van der Waals surface area contributed by atoms with Crippen LogP contribution < -0.4 is 5.43 Å². The molecule has 2 aromatic heterocycles. The van der Waals surface area contributed by atoms with Gasteiger partial charge in [-0.2, -0.15) is 10.2 Å². The zero-order chi connectivity index (χ0) is 19.3. The third-order valence-corrected chi connectivity index (χ3v) is 5.03. The van der Waals surface area contributed by atoms with Crippen molar-refractivity contribution in [3.8, 4) is 16.9 Å². The SMILES string of the molecule is Cc1cc(C(=O)N/N=C\c2cn(-c3ccccc3)nc2-c2ccccc2)cs1. The molecule has 0 aliphatic rings. The number of carbonyl (C=O) groups excluding carboxylic acids is 1. The van der Waals surface area contributed by atoms with Crippen molar-refractivity contribution in [3.05, 3.63) is 94.3 Å². The molecule has 6 heteroatoms. The molecule has 0 aliphatic heterocycles. The van der Waals surface area contributed by atoms with Crippen molar-refractivity contribution in [3.63, 3.8) is 0 Å². The smallest absolute Gasteiger partial charge is 0.267 e. The Labute approximate surface area is 167 Å². The molecule has 28 heavy (non-hydrogen) atoms. The molecule has 0 bridgehead atoms. The molecule has 0 saturated carbocycles. The summed E-state index contributed by atoms with van der Waals surface area (Å²) in [5, 5.41) is 10.7. The van der Waals surface area contributed by atoms with Crippen molar-refractivity contribution in [2.45, 2.75) is 6.92 Å².